The van der Waals surface area contributed by atoms with Crippen LogP contribution in [0.3, 0.4) is 0 Å². The molecule has 1 heterocycles. The number of likely N-dealkylation sites (N-methyl/N-ethyl adjacent to an activating group) is 1. The first-order chi connectivity index (χ1) is 10.0. The van der Waals surface area contributed by atoms with Crippen molar-refractivity contribution in [3.05, 3.63) is 40.5 Å². The fourth-order valence-corrected chi connectivity index (χ4v) is 2.39. The normalized spacial score (nSPS) is 16.7. The number of benzene rings is 1. The van der Waals surface area contributed by atoms with Gasteiger partial charge in [0.15, 0.2) is 0 Å². The first-order valence-electron chi connectivity index (χ1n) is 7.18. The number of carbonyl (C=O) groups excluding carboxylic acids is 1. The molecule has 1 aliphatic rings. The van der Waals surface area contributed by atoms with E-state index in [1.54, 1.807) is 11.0 Å². The van der Waals surface area contributed by atoms with E-state index < -0.39 is 0 Å². The molecule has 0 unspecified atom stereocenters. The van der Waals surface area contributed by atoms with Gasteiger partial charge in [-0.25, -0.2) is 0 Å². The fraction of sp³-hybridized carbons (Fsp3) is 0.412. The monoisotopic (exact) mass is 283 g/mol. The van der Waals surface area contributed by atoms with Crippen LogP contribution in [-0.2, 0) is 4.79 Å². The minimum atomic E-state index is -0.161. The predicted molar refractivity (Wildman–Crippen MR) is 83.6 cm³/mol. The minimum absolute atomic E-state index is 0.161. The summed E-state index contributed by atoms with van der Waals surface area (Å²) in [6.45, 7) is 7.07. The van der Waals surface area contributed by atoms with Crippen LogP contribution < -0.4 is 0 Å². The highest BCUT2D eigenvalue weighted by atomic mass is 16.2. The summed E-state index contributed by atoms with van der Waals surface area (Å²) in [5.74, 6) is -0.161. The lowest BCUT2D eigenvalue weighted by atomic mass is 10.0. The average molecular weight is 283 g/mol. The smallest absolute Gasteiger partial charge is 0.264 e. The van der Waals surface area contributed by atoms with E-state index in [0.29, 0.717) is 13.1 Å². The Kier molecular flexibility index (Phi) is 4.77. The van der Waals surface area contributed by atoms with Crippen molar-refractivity contribution in [1.29, 1.82) is 5.26 Å². The van der Waals surface area contributed by atoms with Crippen LogP contribution >= 0.6 is 0 Å². The van der Waals surface area contributed by atoms with Crippen LogP contribution in [0.5, 0.6) is 0 Å². The zero-order valence-corrected chi connectivity index (χ0v) is 12.9. The van der Waals surface area contributed by atoms with E-state index in [1.165, 1.54) is 0 Å². The van der Waals surface area contributed by atoms with Gasteiger partial charge >= 0.3 is 0 Å². The van der Waals surface area contributed by atoms with Crippen LogP contribution in [0.25, 0.3) is 6.08 Å². The molecule has 1 aromatic rings. The maximum Gasteiger partial charge on any atom is 0.264 e. The highest BCUT2D eigenvalue weighted by molar-refractivity contribution is 6.01. The van der Waals surface area contributed by atoms with Gasteiger partial charge in [0.1, 0.15) is 11.6 Å². The van der Waals surface area contributed by atoms with Crippen molar-refractivity contribution in [2.24, 2.45) is 0 Å². The highest BCUT2D eigenvalue weighted by Gasteiger charge is 2.22. The van der Waals surface area contributed by atoms with Crippen LogP contribution in [0.1, 0.15) is 16.7 Å². The van der Waals surface area contributed by atoms with Gasteiger partial charge in [0, 0.05) is 26.2 Å². The summed E-state index contributed by atoms with van der Waals surface area (Å²) in [6.07, 6.45) is 1.71. The summed E-state index contributed by atoms with van der Waals surface area (Å²) in [5, 5.41) is 9.32. The van der Waals surface area contributed by atoms with Gasteiger partial charge in [-0.2, -0.15) is 5.26 Å². The van der Waals surface area contributed by atoms with Crippen molar-refractivity contribution in [2.45, 2.75) is 13.8 Å². The molecule has 0 atom stereocenters. The van der Waals surface area contributed by atoms with Crippen molar-refractivity contribution >= 4 is 12.0 Å². The Morgan fingerprint density at radius 3 is 2.52 bits per heavy atom. The quantitative estimate of drug-likeness (QED) is 0.616. The lowest BCUT2D eigenvalue weighted by Crippen LogP contribution is -2.47. The Morgan fingerprint density at radius 1 is 1.24 bits per heavy atom. The Labute approximate surface area is 126 Å². The minimum Gasteiger partial charge on any atom is -0.335 e. The van der Waals surface area contributed by atoms with Gasteiger partial charge in [0.25, 0.3) is 5.91 Å². The van der Waals surface area contributed by atoms with Crippen LogP contribution in [0.2, 0.25) is 0 Å². The summed E-state index contributed by atoms with van der Waals surface area (Å²) in [7, 11) is 2.04. The Morgan fingerprint density at radius 2 is 1.90 bits per heavy atom. The van der Waals surface area contributed by atoms with Crippen LogP contribution in [0, 0.1) is 25.2 Å². The Balaban J connectivity index is 2.23. The third-order valence-electron chi connectivity index (χ3n) is 3.88. The summed E-state index contributed by atoms with van der Waals surface area (Å²) < 4.78 is 0. The van der Waals surface area contributed by atoms with Gasteiger partial charge in [-0.3, -0.25) is 4.79 Å². The van der Waals surface area contributed by atoms with Crippen molar-refractivity contribution in [2.75, 3.05) is 33.2 Å². The van der Waals surface area contributed by atoms with Crippen molar-refractivity contribution < 1.29 is 4.79 Å². The largest absolute Gasteiger partial charge is 0.335 e. The van der Waals surface area contributed by atoms with Crippen molar-refractivity contribution in [3.63, 3.8) is 0 Å². The van der Waals surface area contributed by atoms with E-state index in [9.17, 15) is 10.1 Å². The van der Waals surface area contributed by atoms with Crippen LogP contribution in [0.15, 0.2) is 23.8 Å². The maximum absolute atomic E-state index is 12.5. The zero-order valence-electron chi connectivity index (χ0n) is 12.9. The topological polar surface area (TPSA) is 47.3 Å². The molecule has 0 spiro atoms. The third-order valence-corrected chi connectivity index (χ3v) is 3.88. The number of hydrogen-bond donors (Lipinski definition) is 0. The number of nitrogens with zero attached hydrogens (tertiary/aromatic N) is 3. The van der Waals surface area contributed by atoms with E-state index in [2.05, 4.69) is 11.0 Å². The first-order valence-corrected chi connectivity index (χ1v) is 7.18. The maximum atomic E-state index is 12.5. The lowest BCUT2D eigenvalue weighted by Gasteiger charge is -2.32. The second-order valence-corrected chi connectivity index (χ2v) is 5.63. The van der Waals surface area contributed by atoms with E-state index >= 15 is 0 Å². The molecular weight excluding hydrogens is 262 g/mol. The number of nitriles is 1. The third kappa shape index (κ3) is 3.71. The first kappa shape index (κ1) is 15.3. The second-order valence-electron chi connectivity index (χ2n) is 5.63. The van der Waals surface area contributed by atoms with Crippen molar-refractivity contribution in [1.82, 2.24) is 9.80 Å². The molecule has 21 heavy (non-hydrogen) atoms. The molecule has 1 aliphatic heterocycles. The van der Waals surface area contributed by atoms with Gasteiger partial charge in [0.05, 0.1) is 0 Å². The van der Waals surface area contributed by atoms with Gasteiger partial charge in [-0.1, -0.05) is 23.8 Å². The van der Waals surface area contributed by atoms with Gasteiger partial charge in [-0.15, -0.1) is 0 Å². The molecule has 1 aromatic carbocycles. The molecule has 1 fully saturated rings. The molecule has 4 nitrogen and oxygen atoms in total. The fourth-order valence-electron chi connectivity index (χ4n) is 2.39. The molecule has 0 N–H and O–H groups in total. The number of piperazine rings is 1. The van der Waals surface area contributed by atoms with Gasteiger partial charge in [0.2, 0.25) is 0 Å². The summed E-state index contributed by atoms with van der Waals surface area (Å²) in [5.41, 5.74) is 3.35. The zero-order chi connectivity index (χ0) is 15.4. The molecule has 4 heteroatoms. The molecule has 0 aliphatic carbocycles. The van der Waals surface area contributed by atoms with Crippen LogP contribution in [-0.4, -0.2) is 48.9 Å². The number of amides is 1. The van der Waals surface area contributed by atoms with Crippen molar-refractivity contribution in [3.8, 4) is 6.07 Å². The summed E-state index contributed by atoms with van der Waals surface area (Å²) in [6, 6.07) is 8.10. The summed E-state index contributed by atoms with van der Waals surface area (Å²) >= 11 is 0. The van der Waals surface area contributed by atoms with Crippen LogP contribution in [0.4, 0.5) is 0 Å². The number of rotatable bonds is 2. The molecular formula is C17H21N3O. The Bertz CT molecular complexity index is 605. The Hall–Kier alpha value is -2.12. The molecule has 2 rings (SSSR count). The molecule has 0 bridgehead atoms. The number of carbonyl (C=O) groups is 1. The SMILES string of the molecule is Cc1ccc(C)c(/C=C(\C#N)C(=O)N2CCN(C)CC2)c1. The molecule has 0 saturated carbocycles. The molecule has 110 valence electrons. The number of aryl methyl sites for hydroxylation is 2. The summed E-state index contributed by atoms with van der Waals surface area (Å²) in [4.78, 5) is 16.4. The second kappa shape index (κ2) is 6.55. The highest BCUT2D eigenvalue weighted by Crippen LogP contribution is 2.16. The molecule has 1 saturated heterocycles. The van der Waals surface area contributed by atoms with Gasteiger partial charge in [-0.05, 0) is 38.1 Å². The lowest BCUT2D eigenvalue weighted by molar-refractivity contribution is -0.128. The molecule has 1 amide bonds. The van der Waals surface area contributed by atoms with E-state index in [-0.39, 0.29) is 11.5 Å². The number of hydrogen-bond acceptors (Lipinski definition) is 3. The molecule has 0 aromatic heterocycles. The van der Waals surface area contributed by atoms with Gasteiger partial charge < -0.3 is 9.80 Å². The van der Waals surface area contributed by atoms with E-state index in [1.807, 2.05) is 39.1 Å². The molecule has 0 radical (unpaired) electrons. The average Bonchev–Trinajstić information content (AvgIpc) is 2.48. The predicted octanol–water partition coefficient (Wildman–Crippen LogP) is 1.98. The standard InChI is InChI=1S/C17H21N3O/c1-13-4-5-14(2)15(10-13)11-16(12-18)17(21)20-8-6-19(3)7-9-20/h4-5,10-11H,6-9H2,1-3H3/b16-11+. The van der Waals surface area contributed by atoms with E-state index in [0.717, 1.165) is 29.8 Å². The van der Waals surface area contributed by atoms with E-state index in [4.69, 9.17) is 0 Å².